The molecular weight excluding hydrogens is 478 g/mol. The maximum atomic E-state index is 13.3. The van der Waals surface area contributed by atoms with Crippen molar-refractivity contribution in [2.45, 2.75) is 25.0 Å². The summed E-state index contributed by atoms with van der Waals surface area (Å²) in [5.41, 5.74) is 0.397. The minimum absolute atomic E-state index is 0.131. The molecule has 2 aromatic rings. The maximum absolute atomic E-state index is 13.3. The van der Waals surface area contributed by atoms with Gasteiger partial charge in [-0.3, -0.25) is 9.59 Å². The monoisotopic (exact) mass is 503 g/mol. The number of methoxy groups -OCH3 is 3. The first-order chi connectivity index (χ1) is 16.8. The van der Waals surface area contributed by atoms with Crippen LogP contribution in [0.1, 0.15) is 30.0 Å². The minimum atomic E-state index is -0.984. The van der Waals surface area contributed by atoms with Crippen molar-refractivity contribution in [3.05, 3.63) is 52.1 Å². The van der Waals surface area contributed by atoms with Crippen LogP contribution < -0.4 is 14.2 Å². The largest absolute Gasteiger partial charge is 0.507 e. The number of halogens is 1. The zero-order chi connectivity index (χ0) is 25.3. The highest BCUT2D eigenvalue weighted by Crippen LogP contribution is 2.44. The van der Waals surface area contributed by atoms with Crippen molar-refractivity contribution in [2.24, 2.45) is 0 Å². The number of phenols is 1. The number of hydrogen-bond acceptors (Lipinski definition) is 8. The average Bonchev–Trinajstić information content (AvgIpc) is 3.45. The predicted molar refractivity (Wildman–Crippen MR) is 127 cm³/mol. The van der Waals surface area contributed by atoms with Crippen LogP contribution in [0, 0.1) is 0 Å². The number of aliphatic hydroxyl groups excluding tert-OH is 1. The molecule has 0 aliphatic carbocycles. The third-order valence-electron chi connectivity index (χ3n) is 6.21. The van der Waals surface area contributed by atoms with E-state index in [0.29, 0.717) is 12.2 Å². The molecule has 10 heteroatoms. The van der Waals surface area contributed by atoms with Gasteiger partial charge in [0.15, 0.2) is 11.5 Å². The Hall–Kier alpha value is -3.43. The minimum Gasteiger partial charge on any atom is -0.507 e. The summed E-state index contributed by atoms with van der Waals surface area (Å²) in [6, 6.07) is 6.47. The van der Waals surface area contributed by atoms with Crippen molar-refractivity contribution < 1.29 is 38.7 Å². The normalized spacial score (nSPS) is 21.4. The van der Waals surface area contributed by atoms with Crippen molar-refractivity contribution >= 4 is 29.1 Å². The quantitative estimate of drug-likeness (QED) is 0.334. The summed E-state index contributed by atoms with van der Waals surface area (Å²) in [4.78, 5) is 27.8. The highest BCUT2D eigenvalue weighted by molar-refractivity contribution is 6.46. The van der Waals surface area contributed by atoms with Gasteiger partial charge in [-0.15, -0.1) is 0 Å². The van der Waals surface area contributed by atoms with Crippen LogP contribution in [0.4, 0.5) is 0 Å². The number of benzene rings is 2. The Kier molecular flexibility index (Phi) is 7.09. The van der Waals surface area contributed by atoms with Gasteiger partial charge < -0.3 is 34.1 Å². The molecule has 2 aromatic carbocycles. The Bertz CT molecular complexity index is 1190. The van der Waals surface area contributed by atoms with Crippen LogP contribution in [0.25, 0.3) is 5.76 Å². The van der Waals surface area contributed by atoms with Crippen LogP contribution in [0.3, 0.4) is 0 Å². The zero-order valence-corrected chi connectivity index (χ0v) is 20.3. The van der Waals surface area contributed by atoms with Crippen molar-refractivity contribution in [3.8, 4) is 23.0 Å². The summed E-state index contributed by atoms with van der Waals surface area (Å²) in [6.45, 7) is 0.726. The number of carbonyl (C=O) groups is 2. The summed E-state index contributed by atoms with van der Waals surface area (Å²) in [5, 5.41) is 22.1. The fourth-order valence-corrected chi connectivity index (χ4v) is 4.72. The number of nitrogens with zero attached hydrogens (tertiary/aromatic N) is 1. The Labute approximate surface area is 207 Å². The number of phenolic OH excluding ortho intramolecular Hbond substituents is 1. The van der Waals surface area contributed by atoms with Crippen molar-refractivity contribution in [1.82, 2.24) is 4.90 Å². The van der Waals surface area contributed by atoms with Crippen molar-refractivity contribution in [2.75, 3.05) is 34.5 Å². The van der Waals surface area contributed by atoms with Crippen LogP contribution in [0.15, 0.2) is 35.9 Å². The number of rotatable bonds is 7. The van der Waals surface area contributed by atoms with E-state index in [1.54, 1.807) is 6.07 Å². The lowest BCUT2D eigenvalue weighted by Crippen LogP contribution is -2.36. The van der Waals surface area contributed by atoms with Crippen LogP contribution in [0.2, 0.25) is 5.02 Å². The van der Waals surface area contributed by atoms with Gasteiger partial charge in [-0.05, 0) is 36.6 Å². The third-order valence-corrected chi connectivity index (χ3v) is 6.51. The number of aromatic hydroxyl groups is 1. The maximum Gasteiger partial charge on any atom is 0.295 e. The summed E-state index contributed by atoms with van der Waals surface area (Å²) >= 11 is 6.20. The van der Waals surface area contributed by atoms with Crippen molar-refractivity contribution in [1.29, 1.82) is 0 Å². The molecule has 0 radical (unpaired) electrons. The number of carbonyl (C=O) groups excluding carboxylic acids is 2. The standard InChI is InChI=1S/C25H26ClNO8/c1-32-18-7-6-13(9-17(18)28)22-21(24(30)25(31)27(22)12-14-5-4-8-35-14)23(29)15-10-20(34-3)16(26)11-19(15)33-2/h6-7,9-11,14,22,28-29H,4-5,8,12H2,1-3H3/b23-21+. The molecule has 0 bridgehead atoms. The van der Waals surface area contributed by atoms with E-state index >= 15 is 0 Å². The van der Waals surface area contributed by atoms with E-state index in [9.17, 15) is 19.8 Å². The topological polar surface area (TPSA) is 115 Å². The van der Waals surface area contributed by atoms with E-state index in [2.05, 4.69) is 0 Å². The van der Waals surface area contributed by atoms with Gasteiger partial charge in [0.25, 0.3) is 11.7 Å². The van der Waals surface area contributed by atoms with E-state index in [-0.39, 0.29) is 51.8 Å². The van der Waals surface area contributed by atoms with Crippen molar-refractivity contribution in [3.63, 3.8) is 0 Å². The smallest absolute Gasteiger partial charge is 0.295 e. The molecule has 1 amide bonds. The number of hydrogen-bond donors (Lipinski definition) is 2. The Morgan fingerprint density at radius 2 is 1.80 bits per heavy atom. The lowest BCUT2D eigenvalue weighted by Gasteiger charge is -2.28. The highest BCUT2D eigenvalue weighted by Gasteiger charge is 2.47. The van der Waals surface area contributed by atoms with E-state index < -0.39 is 23.5 Å². The second-order valence-electron chi connectivity index (χ2n) is 8.20. The number of likely N-dealkylation sites (tertiary alicyclic amines) is 1. The first-order valence-electron chi connectivity index (χ1n) is 11.0. The number of amides is 1. The molecule has 9 nitrogen and oxygen atoms in total. The molecule has 2 fully saturated rings. The second-order valence-corrected chi connectivity index (χ2v) is 8.61. The van der Waals surface area contributed by atoms with Gasteiger partial charge in [0.2, 0.25) is 0 Å². The summed E-state index contributed by atoms with van der Waals surface area (Å²) in [5.74, 6) is -1.59. The molecular formula is C25H26ClNO8. The first-order valence-corrected chi connectivity index (χ1v) is 11.4. The molecule has 0 saturated carbocycles. The third kappa shape index (κ3) is 4.49. The van der Waals surface area contributed by atoms with Crippen LogP contribution >= 0.6 is 11.6 Å². The fourth-order valence-electron chi connectivity index (χ4n) is 4.49. The molecule has 2 atom stereocenters. The number of ether oxygens (including phenoxy) is 4. The van der Waals surface area contributed by atoms with E-state index in [0.717, 1.165) is 12.8 Å². The lowest BCUT2D eigenvalue weighted by atomic mass is 9.94. The molecule has 2 saturated heterocycles. The van der Waals surface area contributed by atoms with Gasteiger partial charge in [-0.1, -0.05) is 17.7 Å². The van der Waals surface area contributed by atoms with Crippen LogP contribution in [-0.4, -0.2) is 67.4 Å². The molecule has 4 rings (SSSR count). The van der Waals surface area contributed by atoms with Gasteiger partial charge in [0.1, 0.15) is 17.3 Å². The highest BCUT2D eigenvalue weighted by atomic mass is 35.5. The fraction of sp³-hybridized carbons (Fsp3) is 0.360. The molecule has 0 spiro atoms. The van der Waals surface area contributed by atoms with Gasteiger partial charge in [0, 0.05) is 19.2 Å². The Morgan fingerprint density at radius 3 is 2.40 bits per heavy atom. The molecule has 2 aliphatic rings. The Balaban J connectivity index is 1.91. The number of ketones is 1. The SMILES string of the molecule is COc1ccc(C2/C(=C(\O)c3cc(OC)c(Cl)cc3OC)C(=O)C(=O)N2CC2CCCO2)cc1O. The van der Waals surface area contributed by atoms with Gasteiger partial charge in [-0.2, -0.15) is 0 Å². The summed E-state index contributed by atoms with van der Waals surface area (Å²) in [7, 11) is 4.22. The van der Waals surface area contributed by atoms with Crippen LogP contribution in [-0.2, 0) is 14.3 Å². The summed E-state index contributed by atoms with van der Waals surface area (Å²) < 4.78 is 21.5. The van der Waals surface area contributed by atoms with E-state index in [4.69, 9.17) is 30.5 Å². The molecule has 0 aromatic heterocycles. The molecule has 35 heavy (non-hydrogen) atoms. The van der Waals surface area contributed by atoms with Crippen LogP contribution in [0.5, 0.6) is 23.0 Å². The molecule has 2 heterocycles. The molecule has 2 N–H and O–H groups in total. The Morgan fingerprint density at radius 1 is 1.09 bits per heavy atom. The lowest BCUT2D eigenvalue weighted by molar-refractivity contribution is -0.140. The summed E-state index contributed by atoms with van der Waals surface area (Å²) in [6.07, 6.45) is 1.35. The molecule has 186 valence electrons. The van der Waals surface area contributed by atoms with E-state index in [1.165, 1.54) is 50.5 Å². The average molecular weight is 504 g/mol. The van der Waals surface area contributed by atoms with Gasteiger partial charge >= 0.3 is 0 Å². The van der Waals surface area contributed by atoms with Gasteiger partial charge in [-0.25, -0.2) is 0 Å². The second kappa shape index (κ2) is 10.1. The van der Waals surface area contributed by atoms with E-state index in [1.807, 2.05) is 0 Å². The zero-order valence-electron chi connectivity index (χ0n) is 19.5. The predicted octanol–water partition coefficient (Wildman–Crippen LogP) is 3.67. The molecule has 2 unspecified atom stereocenters. The number of aliphatic hydroxyl groups is 1. The first kappa shape index (κ1) is 24.7. The molecule has 2 aliphatic heterocycles. The van der Waals surface area contributed by atoms with Gasteiger partial charge in [0.05, 0.1) is 49.6 Å². The number of Topliss-reactive ketones (excluding diaryl/α,β-unsaturated/α-hetero) is 1.